The van der Waals surface area contributed by atoms with Gasteiger partial charge in [-0.2, -0.15) is 0 Å². The van der Waals surface area contributed by atoms with Crippen LogP contribution in [0.15, 0.2) is 122 Å². The molecule has 9 heteroatoms. The van der Waals surface area contributed by atoms with Gasteiger partial charge >= 0.3 is 0 Å². The van der Waals surface area contributed by atoms with Gasteiger partial charge in [0.25, 0.3) is 7.82 Å². The Bertz CT molecular complexity index is 1550. The first kappa shape index (κ1) is 66.9. The minimum atomic E-state index is -4.59. The minimum absolute atomic E-state index is 0.0110. The highest BCUT2D eigenvalue weighted by Crippen LogP contribution is 2.38. The van der Waals surface area contributed by atoms with Crippen molar-refractivity contribution in [3.63, 3.8) is 0 Å². The van der Waals surface area contributed by atoms with Gasteiger partial charge in [-0.05, 0) is 89.9 Å². The lowest BCUT2D eigenvalue weighted by atomic mass is 10.0. The molecule has 0 aliphatic carbocycles. The molecule has 0 saturated heterocycles. The van der Waals surface area contributed by atoms with Crippen LogP contribution in [0.3, 0.4) is 0 Å². The molecule has 0 aromatic carbocycles. The van der Waals surface area contributed by atoms with Gasteiger partial charge in [-0.3, -0.25) is 9.36 Å². The van der Waals surface area contributed by atoms with Crippen LogP contribution >= 0.6 is 7.82 Å². The molecule has 0 aromatic rings. The summed E-state index contributed by atoms with van der Waals surface area (Å²) in [5.74, 6) is -0.216. The number of nitrogens with zero attached hydrogens (tertiary/aromatic N) is 1. The van der Waals surface area contributed by atoms with Crippen LogP contribution in [-0.2, 0) is 18.4 Å². The van der Waals surface area contributed by atoms with Gasteiger partial charge in [0, 0.05) is 6.42 Å². The number of nitrogens with one attached hydrogen (secondary N) is 1. The lowest BCUT2D eigenvalue weighted by molar-refractivity contribution is -0.870. The predicted octanol–water partition coefficient (Wildman–Crippen LogP) is 16.3. The second-order valence-electron chi connectivity index (χ2n) is 19.5. The van der Waals surface area contributed by atoms with Crippen LogP contribution < -0.4 is 10.2 Å². The smallest absolute Gasteiger partial charge is 0.268 e. The Morgan fingerprint density at radius 1 is 0.514 bits per heavy atom. The highest BCUT2D eigenvalue weighted by Gasteiger charge is 2.23. The third kappa shape index (κ3) is 52.7. The van der Waals surface area contributed by atoms with Gasteiger partial charge < -0.3 is 28.8 Å². The van der Waals surface area contributed by atoms with E-state index < -0.39 is 26.6 Å². The van der Waals surface area contributed by atoms with E-state index in [0.29, 0.717) is 17.4 Å². The van der Waals surface area contributed by atoms with Gasteiger partial charge in [0.2, 0.25) is 5.91 Å². The Hall–Kier alpha value is -3.10. The van der Waals surface area contributed by atoms with E-state index in [1.54, 1.807) is 6.08 Å². The van der Waals surface area contributed by atoms with Crippen molar-refractivity contribution in [2.75, 3.05) is 40.9 Å². The van der Waals surface area contributed by atoms with E-state index in [0.717, 1.165) is 96.3 Å². The Labute approximate surface area is 431 Å². The molecular formula is C61H105N2O6P. The van der Waals surface area contributed by atoms with Gasteiger partial charge in [-0.15, -0.1) is 0 Å². The van der Waals surface area contributed by atoms with Crippen LogP contribution in [0.1, 0.15) is 206 Å². The lowest BCUT2D eigenvalue weighted by Crippen LogP contribution is -2.45. The molecule has 400 valence electrons. The first-order chi connectivity index (χ1) is 34.0. The highest BCUT2D eigenvalue weighted by molar-refractivity contribution is 7.45. The number of carbonyl (C=O) groups excluding carboxylic acids is 1. The number of quaternary nitrogens is 1. The third-order valence-electron chi connectivity index (χ3n) is 11.6. The summed E-state index contributed by atoms with van der Waals surface area (Å²) in [5, 5.41) is 13.7. The number of amides is 1. The number of hydrogen-bond donors (Lipinski definition) is 2. The van der Waals surface area contributed by atoms with E-state index in [9.17, 15) is 19.4 Å². The van der Waals surface area contributed by atoms with E-state index >= 15 is 0 Å². The largest absolute Gasteiger partial charge is 0.756 e. The van der Waals surface area contributed by atoms with Crippen molar-refractivity contribution < 1.29 is 32.9 Å². The predicted molar refractivity (Wildman–Crippen MR) is 302 cm³/mol. The third-order valence-corrected chi connectivity index (χ3v) is 12.6. The van der Waals surface area contributed by atoms with Crippen LogP contribution in [0.25, 0.3) is 0 Å². The van der Waals surface area contributed by atoms with Gasteiger partial charge in [-0.25, -0.2) is 0 Å². The molecular weight excluding hydrogens is 888 g/mol. The van der Waals surface area contributed by atoms with Crippen molar-refractivity contribution in [3.05, 3.63) is 122 Å². The zero-order valence-corrected chi connectivity index (χ0v) is 46.3. The summed E-state index contributed by atoms with van der Waals surface area (Å²) in [4.78, 5) is 25.2. The van der Waals surface area contributed by atoms with Gasteiger partial charge in [0.05, 0.1) is 39.9 Å². The molecule has 1 amide bonds. The van der Waals surface area contributed by atoms with E-state index in [2.05, 4.69) is 129 Å². The van der Waals surface area contributed by atoms with Crippen molar-refractivity contribution in [1.29, 1.82) is 0 Å². The van der Waals surface area contributed by atoms with Crippen LogP contribution in [0.4, 0.5) is 0 Å². The molecule has 70 heavy (non-hydrogen) atoms. The monoisotopic (exact) mass is 993 g/mol. The van der Waals surface area contributed by atoms with Crippen molar-refractivity contribution in [2.45, 2.75) is 219 Å². The Morgan fingerprint density at radius 3 is 1.31 bits per heavy atom. The quantitative estimate of drug-likeness (QED) is 0.0272. The van der Waals surface area contributed by atoms with Crippen molar-refractivity contribution in [3.8, 4) is 0 Å². The summed E-state index contributed by atoms with van der Waals surface area (Å²) in [7, 11) is 1.23. The molecule has 0 radical (unpaired) electrons. The Balaban J connectivity index is 3.87. The summed E-state index contributed by atoms with van der Waals surface area (Å²) < 4.78 is 23.1. The molecule has 0 rings (SSSR count). The molecule has 0 bridgehead atoms. The number of phosphoric ester groups is 1. The molecule has 0 aliphatic heterocycles. The summed E-state index contributed by atoms with van der Waals surface area (Å²) in [6, 6.07) is -0.906. The molecule has 0 heterocycles. The molecule has 3 unspecified atom stereocenters. The van der Waals surface area contributed by atoms with Crippen LogP contribution in [0.5, 0.6) is 0 Å². The molecule has 0 fully saturated rings. The molecule has 8 nitrogen and oxygen atoms in total. The topological polar surface area (TPSA) is 108 Å². The molecule has 0 spiro atoms. The number of phosphoric acid groups is 1. The maximum Gasteiger partial charge on any atom is 0.268 e. The number of likely N-dealkylation sites (N-methyl/N-ethyl adjacent to an activating group) is 1. The molecule has 0 aromatic heterocycles. The fraction of sp³-hybridized carbons (Fsp3) is 0.656. The van der Waals surface area contributed by atoms with Crippen LogP contribution in [0, 0.1) is 0 Å². The number of rotatable bonds is 49. The number of carbonyl (C=O) groups is 1. The summed E-state index contributed by atoms with van der Waals surface area (Å²) in [6.45, 7) is 4.38. The molecule has 0 saturated carbocycles. The molecule has 3 atom stereocenters. The molecule has 0 aliphatic rings. The van der Waals surface area contributed by atoms with Crippen molar-refractivity contribution in [2.24, 2.45) is 0 Å². The second-order valence-corrected chi connectivity index (χ2v) is 21.0. The minimum Gasteiger partial charge on any atom is -0.756 e. The maximum atomic E-state index is 12.8. The standard InChI is InChI=1S/C61H105N2O6P/c1-6-8-10-12-14-15-16-17-18-19-20-21-22-23-24-25-26-27-28-29-30-31-32-33-34-35-36-37-38-39-40-41-42-43-44-45-46-47-49-51-53-55-61(65)62-59(60(64)54-52-50-48-13-11-9-7-2)58-69-70(66,67)68-57-56-63(3,4)5/h8,10-11,13-15,17-18,20-21,23-24,26-27,29-30,32-33,52,54,59-60,64H,6-7,9,12,16,19,22,25,28,31,34-51,53,55-58H2,1-5H3,(H-,62,65,66,67)/b10-8-,13-11+,15-14-,18-17-,21-20-,24-23-,27-26-,30-29-,33-32-,54-52+. The maximum absolute atomic E-state index is 12.8. The number of aliphatic hydroxyl groups excluding tert-OH is 1. The van der Waals surface area contributed by atoms with Gasteiger partial charge in [0.1, 0.15) is 13.2 Å². The number of aliphatic hydroxyl groups is 1. The van der Waals surface area contributed by atoms with E-state index in [-0.39, 0.29) is 12.5 Å². The number of unbranched alkanes of at least 4 members (excludes halogenated alkanes) is 18. The average molecular weight is 993 g/mol. The summed E-state index contributed by atoms with van der Waals surface area (Å²) in [5.41, 5.74) is 0. The van der Waals surface area contributed by atoms with Crippen molar-refractivity contribution >= 4 is 13.7 Å². The fourth-order valence-electron chi connectivity index (χ4n) is 7.31. The number of hydrogen-bond acceptors (Lipinski definition) is 6. The Kier molecular flexibility index (Phi) is 48.6. The fourth-order valence-corrected chi connectivity index (χ4v) is 8.03. The number of allylic oxidation sites excluding steroid dienone is 19. The SMILES string of the molecule is CC/C=C\C/C=C\C/C=C\C/C=C\C/C=C\C/C=C\C/C=C\C/C=C\CCCCCCCCCCCCCCCCCCC(=O)NC(COP(=O)([O-])OCC[N+](C)(C)C)C(O)/C=C/CC/C=C/CCC. The normalized spacial score (nSPS) is 14.9. The average Bonchev–Trinajstić information content (AvgIpc) is 3.32. The zero-order valence-electron chi connectivity index (χ0n) is 45.4. The van der Waals surface area contributed by atoms with Gasteiger partial charge in [0.15, 0.2) is 0 Å². The zero-order chi connectivity index (χ0) is 51.3. The lowest BCUT2D eigenvalue weighted by Gasteiger charge is -2.29. The van der Waals surface area contributed by atoms with Crippen LogP contribution in [-0.4, -0.2) is 68.5 Å². The first-order valence-electron chi connectivity index (χ1n) is 27.9. The molecule has 2 N–H and O–H groups in total. The Morgan fingerprint density at radius 2 is 0.886 bits per heavy atom. The van der Waals surface area contributed by atoms with Crippen molar-refractivity contribution in [1.82, 2.24) is 5.32 Å². The second kappa shape index (κ2) is 50.8. The van der Waals surface area contributed by atoms with E-state index in [4.69, 9.17) is 9.05 Å². The van der Waals surface area contributed by atoms with Crippen LogP contribution in [0.2, 0.25) is 0 Å². The van der Waals surface area contributed by atoms with Gasteiger partial charge in [-0.1, -0.05) is 232 Å². The first-order valence-corrected chi connectivity index (χ1v) is 29.4. The van der Waals surface area contributed by atoms with E-state index in [1.165, 1.54) is 89.9 Å². The van der Waals surface area contributed by atoms with E-state index in [1.807, 2.05) is 27.2 Å². The highest BCUT2D eigenvalue weighted by atomic mass is 31.2. The summed E-state index contributed by atoms with van der Waals surface area (Å²) in [6.07, 6.45) is 76.1. The summed E-state index contributed by atoms with van der Waals surface area (Å²) >= 11 is 0.